The molecule has 0 aliphatic carbocycles. The largest absolute Gasteiger partial charge is 0.479 e. The van der Waals surface area contributed by atoms with Crippen LogP contribution in [0.15, 0.2) is 43.1 Å². The summed E-state index contributed by atoms with van der Waals surface area (Å²) in [6.07, 6.45) is 2.75. The molecule has 0 saturated heterocycles. The average Bonchev–Trinajstić information content (AvgIpc) is 2.74. The van der Waals surface area contributed by atoms with Gasteiger partial charge in [0, 0.05) is 24.3 Å². The molecule has 2 aromatic rings. The molecule has 0 radical (unpaired) electrons. The third-order valence-electron chi connectivity index (χ3n) is 3.89. The summed E-state index contributed by atoms with van der Waals surface area (Å²) in [7, 11) is 1.32. The van der Waals surface area contributed by atoms with Crippen molar-refractivity contribution >= 4 is 23.5 Å². The number of rotatable bonds is 10. The summed E-state index contributed by atoms with van der Waals surface area (Å²) in [6, 6.07) is 6.48. The van der Waals surface area contributed by atoms with Crippen LogP contribution in [-0.4, -0.2) is 53.6 Å². The molecule has 29 heavy (non-hydrogen) atoms. The van der Waals surface area contributed by atoms with E-state index in [4.69, 9.17) is 10.5 Å². The van der Waals surface area contributed by atoms with Crippen LogP contribution in [-0.2, 0) is 4.79 Å². The monoisotopic (exact) mass is 402 g/mol. The molecule has 0 aliphatic rings. The summed E-state index contributed by atoms with van der Waals surface area (Å²) in [5, 5.41) is 5.55. The SMILES string of the molecule is C=CC(=O)Nc1ccc(C(=O)N(CN)CCCNc2ncc(F)c(OC)n2)cc1. The molecule has 0 saturated carbocycles. The molecule has 0 fully saturated rings. The summed E-state index contributed by atoms with van der Waals surface area (Å²) in [4.78, 5) is 33.1. The summed E-state index contributed by atoms with van der Waals surface area (Å²) in [5.74, 6) is -1.12. The van der Waals surface area contributed by atoms with E-state index in [0.717, 1.165) is 12.3 Å². The average molecular weight is 402 g/mol. The third kappa shape index (κ3) is 6.25. The molecule has 0 bridgehead atoms. The second-order valence-corrected chi connectivity index (χ2v) is 5.85. The number of benzene rings is 1. The molecule has 0 unspecified atom stereocenters. The summed E-state index contributed by atoms with van der Waals surface area (Å²) < 4.78 is 18.1. The van der Waals surface area contributed by atoms with Crippen LogP contribution in [0, 0.1) is 5.82 Å². The molecular formula is C19H23FN6O3. The lowest BCUT2D eigenvalue weighted by Gasteiger charge is -2.21. The van der Waals surface area contributed by atoms with Crippen molar-refractivity contribution in [1.82, 2.24) is 14.9 Å². The highest BCUT2D eigenvalue weighted by Gasteiger charge is 2.14. The third-order valence-corrected chi connectivity index (χ3v) is 3.89. The van der Waals surface area contributed by atoms with Gasteiger partial charge in [-0.25, -0.2) is 4.98 Å². The van der Waals surface area contributed by atoms with E-state index >= 15 is 0 Å². The number of hydrogen-bond donors (Lipinski definition) is 3. The zero-order valence-corrected chi connectivity index (χ0v) is 16.0. The van der Waals surface area contributed by atoms with Crippen LogP contribution in [0.3, 0.4) is 0 Å². The highest BCUT2D eigenvalue weighted by molar-refractivity contribution is 5.99. The molecule has 154 valence electrons. The Balaban J connectivity index is 1.86. The highest BCUT2D eigenvalue weighted by atomic mass is 19.1. The van der Waals surface area contributed by atoms with Crippen molar-refractivity contribution < 1.29 is 18.7 Å². The molecule has 1 aromatic carbocycles. The Kier molecular flexibility index (Phi) is 8.04. The van der Waals surface area contributed by atoms with Crippen molar-refractivity contribution in [3.63, 3.8) is 0 Å². The molecule has 1 aromatic heterocycles. The smallest absolute Gasteiger partial charge is 0.255 e. The molecule has 1 heterocycles. The van der Waals surface area contributed by atoms with Gasteiger partial charge in [0.25, 0.3) is 11.8 Å². The first-order valence-electron chi connectivity index (χ1n) is 8.81. The first kappa shape index (κ1) is 21.8. The fraction of sp³-hybridized carbons (Fsp3) is 0.263. The molecule has 0 aliphatic heterocycles. The fourth-order valence-electron chi connectivity index (χ4n) is 2.40. The van der Waals surface area contributed by atoms with E-state index in [2.05, 4.69) is 27.2 Å². The maximum absolute atomic E-state index is 13.3. The van der Waals surface area contributed by atoms with E-state index in [9.17, 15) is 14.0 Å². The van der Waals surface area contributed by atoms with Crippen LogP contribution >= 0.6 is 0 Å². The maximum atomic E-state index is 13.3. The van der Waals surface area contributed by atoms with E-state index in [0.29, 0.717) is 30.8 Å². The van der Waals surface area contributed by atoms with Gasteiger partial charge in [0.1, 0.15) is 0 Å². The first-order valence-corrected chi connectivity index (χ1v) is 8.81. The van der Waals surface area contributed by atoms with Crippen LogP contribution in [0.4, 0.5) is 16.0 Å². The van der Waals surface area contributed by atoms with Gasteiger partial charge in [-0.1, -0.05) is 6.58 Å². The Bertz CT molecular complexity index is 860. The van der Waals surface area contributed by atoms with Crippen LogP contribution in [0.1, 0.15) is 16.8 Å². The number of hydrogen-bond acceptors (Lipinski definition) is 7. The number of nitrogens with one attached hydrogen (secondary N) is 2. The van der Waals surface area contributed by atoms with Gasteiger partial charge in [-0.05, 0) is 36.8 Å². The lowest BCUT2D eigenvalue weighted by atomic mass is 10.1. The van der Waals surface area contributed by atoms with Gasteiger partial charge in [0.15, 0.2) is 0 Å². The molecule has 10 heteroatoms. The summed E-state index contributed by atoms with van der Waals surface area (Å²) >= 11 is 0. The first-order chi connectivity index (χ1) is 14.0. The molecule has 0 atom stereocenters. The quantitative estimate of drug-likeness (QED) is 0.313. The van der Waals surface area contributed by atoms with Gasteiger partial charge >= 0.3 is 0 Å². The highest BCUT2D eigenvalue weighted by Crippen LogP contribution is 2.14. The zero-order valence-electron chi connectivity index (χ0n) is 16.0. The Labute approximate surface area is 167 Å². The van der Waals surface area contributed by atoms with E-state index < -0.39 is 5.82 Å². The molecule has 9 nitrogen and oxygen atoms in total. The lowest BCUT2D eigenvalue weighted by molar-refractivity contribution is -0.111. The van der Waals surface area contributed by atoms with Gasteiger partial charge in [-0.3, -0.25) is 9.59 Å². The number of carbonyl (C=O) groups excluding carboxylic acids is 2. The Morgan fingerprint density at radius 1 is 1.34 bits per heavy atom. The molecule has 4 N–H and O–H groups in total. The zero-order chi connectivity index (χ0) is 21.2. The van der Waals surface area contributed by atoms with Crippen molar-refractivity contribution in [3.8, 4) is 5.88 Å². The standard InChI is InChI=1S/C19H23FN6O3/c1-3-16(27)24-14-7-5-13(6-8-14)18(28)26(12-21)10-4-9-22-19-23-11-15(20)17(25-19)29-2/h3,5-8,11H,1,4,9-10,12,21H2,2H3,(H,24,27)(H,22,23,25). The van der Waals surface area contributed by atoms with Gasteiger partial charge in [0.2, 0.25) is 17.7 Å². The van der Waals surface area contributed by atoms with Crippen LogP contribution in [0.25, 0.3) is 0 Å². The van der Waals surface area contributed by atoms with Crippen molar-refractivity contribution in [1.29, 1.82) is 0 Å². The van der Waals surface area contributed by atoms with Crippen molar-refractivity contribution in [2.24, 2.45) is 5.73 Å². The number of nitrogens with zero attached hydrogens (tertiary/aromatic N) is 3. The number of nitrogens with two attached hydrogens (primary N) is 1. The van der Waals surface area contributed by atoms with Crippen LogP contribution in [0.2, 0.25) is 0 Å². The topological polar surface area (TPSA) is 122 Å². The van der Waals surface area contributed by atoms with Gasteiger partial charge < -0.3 is 26.0 Å². The second kappa shape index (κ2) is 10.7. The number of ether oxygens (including phenoxy) is 1. The number of methoxy groups -OCH3 is 1. The minimum Gasteiger partial charge on any atom is -0.479 e. The Morgan fingerprint density at radius 2 is 2.07 bits per heavy atom. The Hall–Kier alpha value is -3.53. The number of amides is 2. The van der Waals surface area contributed by atoms with Crippen molar-refractivity contribution in [2.75, 3.05) is 37.5 Å². The summed E-state index contributed by atoms with van der Waals surface area (Å²) in [5.41, 5.74) is 6.72. The molecule has 2 rings (SSSR count). The fourth-order valence-corrected chi connectivity index (χ4v) is 2.40. The Morgan fingerprint density at radius 3 is 2.69 bits per heavy atom. The molecule has 0 spiro atoms. The van der Waals surface area contributed by atoms with E-state index in [1.165, 1.54) is 12.0 Å². The second-order valence-electron chi connectivity index (χ2n) is 5.85. The van der Waals surface area contributed by atoms with Crippen molar-refractivity contribution in [2.45, 2.75) is 6.42 Å². The minimum absolute atomic E-state index is 0.0503. The predicted octanol–water partition coefficient (Wildman–Crippen LogP) is 1.61. The predicted molar refractivity (Wildman–Crippen MR) is 107 cm³/mol. The van der Waals surface area contributed by atoms with Crippen LogP contribution in [0.5, 0.6) is 5.88 Å². The summed E-state index contributed by atoms with van der Waals surface area (Å²) in [6.45, 7) is 4.28. The minimum atomic E-state index is -0.645. The number of carbonyl (C=O) groups is 2. The number of halogens is 1. The van der Waals surface area contributed by atoms with Crippen LogP contribution < -0.4 is 21.1 Å². The number of anilines is 2. The normalized spacial score (nSPS) is 10.2. The van der Waals surface area contributed by atoms with E-state index in [-0.39, 0.29) is 30.3 Å². The maximum Gasteiger partial charge on any atom is 0.255 e. The molecule has 2 amide bonds. The lowest BCUT2D eigenvalue weighted by Crippen LogP contribution is -2.37. The molecular weight excluding hydrogens is 379 g/mol. The van der Waals surface area contributed by atoms with Gasteiger partial charge in [-0.2, -0.15) is 9.37 Å². The van der Waals surface area contributed by atoms with Crippen molar-refractivity contribution in [3.05, 3.63) is 54.5 Å². The van der Waals surface area contributed by atoms with E-state index in [1.807, 2.05) is 0 Å². The number of aromatic nitrogens is 2. The van der Waals surface area contributed by atoms with E-state index in [1.54, 1.807) is 24.3 Å². The van der Waals surface area contributed by atoms with Gasteiger partial charge in [0.05, 0.1) is 20.0 Å². The van der Waals surface area contributed by atoms with Gasteiger partial charge in [-0.15, -0.1) is 0 Å².